The van der Waals surface area contributed by atoms with Crippen LogP contribution in [0, 0.1) is 5.92 Å². The molecule has 2 atom stereocenters. The molecule has 0 aliphatic carbocycles. The third-order valence-electron chi connectivity index (χ3n) is 5.80. The molecule has 0 rings (SSSR count). The lowest BCUT2D eigenvalue weighted by Crippen LogP contribution is -2.19. The monoisotopic (exact) mass is 491 g/mol. The van der Waals surface area contributed by atoms with Crippen molar-refractivity contribution in [3.05, 3.63) is 0 Å². The minimum Gasteiger partial charge on any atom is -0.381 e. The molecule has 0 aromatic rings. The summed E-state index contributed by atoms with van der Waals surface area (Å²) in [6.07, 6.45) is 20.7. The molecule has 0 saturated carbocycles. The molecule has 0 aromatic heterocycles. The zero-order valence-corrected chi connectivity index (χ0v) is 22.8. The van der Waals surface area contributed by atoms with Gasteiger partial charge in [0.05, 0.1) is 19.8 Å². The molecule has 0 aromatic carbocycles. The van der Waals surface area contributed by atoms with Gasteiger partial charge >= 0.3 is 8.60 Å². The molecule has 2 N–H and O–H groups in total. The second-order valence-corrected chi connectivity index (χ2v) is 10.3. The van der Waals surface area contributed by atoms with E-state index < -0.39 is 8.60 Å². The number of ether oxygens (including phenoxy) is 1. The Morgan fingerprint density at radius 1 is 0.788 bits per heavy atom. The molecule has 0 saturated heterocycles. The Hall–Kier alpha value is -0.100. The summed E-state index contributed by atoms with van der Waals surface area (Å²) in [7, 11) is -0.0743. The molecule has 0 fully saturated rings. The summed E-state index contributed by atoms with van der Waals surface area (Å²) in [5.74, 6) is 0.0708. The summed E-state index contributed by atoms with van der Waals surface area (Å²) < 4.78 is 16.3. The van der Waals surface area contributed by atoms with Crippen molar-refractivity contribution in [2.24, 2.45) is 5.92 Å². The Morgan fingerprint density at radius 3 is 1.79 bits per heavy atom. The van der Waals surface area contributed by atoms with Gasteiger partial charge in [-0.25, -0.2) is 0 Å². The maximum absolute atomic E-state index is 11.5. The highest BCUT2D eigenvalue weighted by Crippen LogP contribution is 2.33. The van der Waals surface area contributed by atoms with Crippen molar-refractivity contribution in [2.75, 3.05) is 40.0 Å². The molecule has 0 bridgehead atoms. The van der Waals surface area contributed by atoms with E-state index in [-0.39, 0.29) is 18.3 Å². The molecule has 7 heteroatoms. The predicted molar refractivity (Wildman–Crippen MR) is 140 cm³/mol. The summed E-state index contributed by atoms with van der Waals surface area (Å²) in [4.78, 5) is 21.2. The van der Waals surface area contributed by atoms with Gasteiger partial charge < -0.3 is 28.8 Å². The van der Waals surface area contributed by atoms with Crippen LogP contribution in [0.5, 0.6) is 0 Å². The molecule has 33 heavy (non-hydrogen) atoms. The van der Waals surface area contributed by atoms with Crippen LogP contribution in [0.1, 0.15) is 117 Å². The van der Waals surface area contributed by atoms with Gasteiger partial charge in [-0.3, -0.25) is 0 Å². The molecular weight excluding hydrogens is 437 g/mol. The Kier molecular flexibility index (Phi) is 26.4. The first kappa shape index (κ1) is 32.9. The first-order valence-electron chi connectivity index (χ1n) is 13.6. The number of Topliss-reactive ketones (excluding diaryl/α,β-unsaturated/α-hetero) is 1. The van der Waals surface area contributed by atoms with Gasteiger partial charge in [-0.1, -0.05) is 96.8 Å². The average Bonchev–Trinajstić information content (AvgIpc) is 2.79. The van der Waals surface area contributed by atoms with E-state index in [2.05, 4.69) is 12.2 Å². The molecule has 0 amide bonds. The number of unbranched alkanes of at least 4 members (excludes halogenated alkanes) is 14. The first-order valence-corrected chi connectivity index (χ1v) is 14.7. The highest BCUT2D eigenvalue weighted by Gasteiger charge is 2.16. The average molecular weight is 492 g/mol. The highest BCUT2D eigenvalue weighted by atomic mass is 31.2. The molecule has 198 valence electrons. The van der Waals surface area contributed by atoms with Gasteiger partial charge in [0, 0.05) is 25.5 Å². The van der Waals surface area contributed by atoms with E-state index in [1.165, 1.54) is 89.9 Å². The molecule has 0 heterocycles. The lowest BCUT2D eigenvalue weighted by Gasteiger charge is -2.18. The van der Waals surface area contributed by atoms with Crippen LogP contribution in [-0.2, 0) is 18.6 Å². The quantitative estimate of drug-likeness (QED) is 0.0957. The van der Waals surface area contributed by atoms with Crippen LogP contribution < -0.4 is 5.32 Å². The largest absolute Gasteiger partial charge is 0.381 e. The number of ketones is 1. The van der Waals surface area contributed by atoms with Crippen molar-refractivity contribution < 1.29 is 23.5 Å². The van der Waals surface area contributed by atoms with Gasteiger partial charge in [0.15, 0.2) is 0 Å². The van der Waals surface area contributed by atoms with E-state index in [0.717, 1.165) is 13.0 Å². The summed E-state index contributed by atoms with van der Waals surface area (Å²) in [5.41, 5.74) is 0. The molecule has 0 aliphatic heterocycles. The van der Waals surface area contributed by atoms with E-state index in [4.69, 9.17) is 13.8 Å². The minimum absolute atomic E-state index is 0.0381. The lowest BCUT2D eigenvalue weighted by molar-refractivity contribution is -0.118. The third-order valence-corrected chi connectivity index (χ3v) is 6.57. The van der Waals surface area contributed by atoms with E-state index in [1.54, 1.807) is 6.92 Å². The number of rotatable bonds is 27. The number of hydrogen-bond acceptors (Lipinski definition) is 6. The van der Waals surface area contributed by atoms with Crippen molar-refractivity contribution >= 4 is 14.4 Å². The second kappa shape index (κ2) is 26.5. The molecule has 0 radical (unpaired) electrons. The maximum atomic E-state index is 11.5. The fourth-order valence-corrected chi connectivity index (χ4v) is 4.49. The van der Waals surface area contributed by atoms with Crippen LogP contribution in [-0.4, -0.2) is 50.7 Å². The van der Waals surface area contributed by atoms with Gasteiger partial charge in [-0.15, -0.1) is 0 Å². The number of nitrogens with one attached hydrogen (secondary N) is 1. The smallest absolute Gasteiger partial charge is 0.329 e. The third kappa shape index (κ3) is 26.3. The standard InChI is InChI=1S/C26H54NO5P/c1-4-5-6-7-8-9-10-11-12-13-14-15-16-17-18-20-30-23-26(22-25(2)28)24-32-33(29)31-21-19-27-3/h26-27,29H,4-24H2,1-3H3. The van der Waals surface area contributed by atoms with Crippen LogP contribution >= 0.6 is 8.60 Å². The number of carbonyl (C=O) groups is 1. The zero-order chi connectivity index (χ0) is 24.4. The number of carbonyl (C=O) groups excluding carboxylic acids is 1. The zero-order valence-electron chi connectivity index (χ0n) is 22.0. The first-order chi connectivity index (χ1) is 16.1. The van der Waals surface area contributed by atoms with Crippen LogP contribution in [0.3, 0.4) is 0 Å². The minimum atomic E-state index is -1.90. The summed E-state index contributed by atoms with van der Waals surface area (Å²) in [5, 5.41) is 2.94. The van der Waals surface area contributed by atoms with Crippen LogP contribution in [0.2, 0.25) is 0 Å². The van der Waals surface area contributed by atoms with Gasteiger partial charge in [0.25, 0.3) is 0 Å². The normalized spacial score (nSPS) is 13.3. The predicted octanol–water partition coefficient (Wildman–Crippen LogP) is 6.94. The molecule has 6 nitrogen and oxygen atoms in total. The topological polar surface area (TPSA) is 77.0 Å². The van der Waals surface area contributed by atoms with Gasteiger partial charge in [0.2, 0.25) is 0 Å². The molecule has 0 aliphatic rings. The number of likely N-dealkylation sites (N-methyl/N-ethyl adjacent to an activating group) is 1. The maximum Gasteiger partial charge on any atom is 0.329 e. The SMILES string of the molecule is CCCCCCCCCCCCCCCCCOCC(COP(O)OCCNC)CC(C)=O. The van der Waals surface area contributed by atoms with E-state index in [0.29, 0.717) is 26.2 Å². The van der Waals surface area contributed by atoms with Crippen molar-refractivity contribution in [3.8, 4) is 0 Å². The second-order valence-electron chi connectivity index (χ2n) is 9.27. The van der Waals surface area contributed by atoms with E-state index in [9.17, 15) is 9.69 Å². The molecule has 0 spiro atoms. The highest BCUT2D eigenvalue weighted by molar-refractivity contribution is 7.40. The van der Waals surface area contributed by atoms with Gasteiger partial charge in [-0.2, -0.15) is 0 Å². The van der Waals surface area contributed by atoms with Gasteiger partial charge in [0.1, 0.15) is 5.78 Å². The Balaban J connectivity index is 3.51. The number of hydrogen-bond donors (Lipinski definition) is 2. The van der Waals surface area contributed by atoms with Crippen LogP contribution in [0.25, 0.3) is 0 Å². The van der Waals surface area contributed by atoms with E-state index >= 15 is 0 Å². The summed E-state index contributed by atoms with van der Waals surface area (Å²) in [6, 6.07) is 0. The van der Waals surface area contributed by atoms with Crippen LogP contribution in [0.4, 0.5) is 0 Å². The van der Waals surface area contributed by atoms with Crippen molar-refractivity contribution in [1.29, 1.82) is 0 Å². The Morgan fingerprint density at radius 2 is 1.30 bits per heavy atom. The van der Waals surface area contributed by atoms with Crippen molar-refractivity contribution in [3.63, 3.8) is 0 Å². The fraction of sp³-hybridized carbons (Fsp3) is 0.962. The Labute approximate surface area is 205 Å². The van der Waals surface area contributed by atoms with Gasteiger partial charge in [-0.05, 0) is 20.4 Å². The van der Waals surface area contributed by atoms with E-state index in [1.807, 2.05) is 7.05 Å². The molecule has 2 unspecified atom stereocenters. The van der Waals surface area contributed by atoms with Crippen molar-refractivity contribution in [1.82, 2.24) is 5.32 Å². The van der Waals surface area contributed by atoms with Crippen LogP contribution in [0.15, 0.2) is 0 Å². The fourth-order valence-electron chi connectivity index (χ4n) is 3.83. The Bertz CT molecular complexity index is 414. The summed E-state index contributed by atoms with van der Waals surface area (Å²) in [6.45, 7) is 6.38. The van der Waals surface area contributed by atoms with Crippen molar-refractivity contribution in [2.45, 2.75) is 117 Å². The lowest BCUT2D eigenvalue weighted by atomic mass is 10.0. The summed E-state index contributed by atoms with van der Waals surface area (Å²) >= 11 is 0. The molecular formula is C26H54NO5P.